The maximum absolute atomic E-state index is 4.16. The van der Waals surface area contributed by atoms with Crippen LogP contribution in [0.25, 0.3) is 0 Å². The fourth-order valence-corrected chi connectivity index (χ4v) is 2.85. The highest BCUT2D eigenvalue weighted by atomic mass is 32.1. The first kappa shape index (κ1) is 13.7. The fraction of sp³-hybridized carbons (Fsp3) is 0.769. The van der Waals surface area contributed by atoms with Crippen molar-refractivity contribution in [2.75, 3.05) is 6.54 Å². The van der Waals surface area contributed by atoms with E-state index in [0.717, 1.165) is 13.0 Å². The Labute approximate surface area is 103 Å². The first-order valence-electron chi connectivity index (χ1n) is 6.16. The van der Waals surface area contributed by atoms with E-state index in [2.05, 4.69) is 38.0 Å². The van der Waals surface area contributed by atoms with Gasteiger partial charge in [0.25, 0.3) is 0 Å². The van der Waals surface area contributed by atoms with Crippen LogP contribution < -0.4 is 5.32 Å². The van der Waals surface area contributed by atoms with E-state index < -0.39 is 0 Å². The molecule has 1 rings (SSSR count). The normalized spacial score (nSPS) is 15.3. The summed E-state index contributed by atoms with van der Waals surface area (Å²) in [6, 6.07) is 0.567. The Balaban J connectivity index is 2.56. The van der Waals surface area contributed by atoms with Gasteiger partial charge in [0.1, 0.15) is 0 Å². The lowest BCUT2D eigenvalue weighted by molar-refractivity contribution is 0.268. The second-order valence-corrected chi connectivity index (χ2v) is 6.21. The number of rotatable bonds is 7. The maximum atomic E-state index is 4.16. The van der Waals surface area contributed by atoms with Gasteiger partial charge in [-0.15, -0.1) is 11.3 Å². The van der Waals surface area contributed by atoms with Crippen molar-refractivity contribution in [2.24, 2.45) is 5.41 Å². The molecule has 3 heteroatoms. The molecule has 0 aromatic carbocycles. The van der Waals surface area contributed by atoms with Crippen molar-refractivity contribution in [1.82, 2.24) is 10.3 Å². The summed E-state index contributed by atoms with van der Waals surface area (Å²) in [6.07, 6.45) is 5.67. The minimum Gasteiger partial charge on any atom is -0.314 e. The largest absolute Gasteiger partial charge is 0.314 e. The van der Waals surface area contributed by atoms with Gasteiger partial charge < -0.3 is 5.32 Å². The molecule has 1 aromatic heterocycles. The van der Waals surface area contributed by atoms with E-state index in [-0.39, 0.29) is 0 Å². The van der Waals surface area contributed by atoms with Crippen molar-refractivity contribution in [1.29, 1.82) is 0 Å². The zero-order valence-electron chi connectivity index (χ0n) is 10.9. The zero-order valence-corrected chi connectivity index (χ0v) is 11.7. The van der Waals surface area contributed by atoms with Crippen molar-refractivity contribution >= 4 is 11.3 Å². The van der Waals surface area contributed by atoms with Crippen LogP contribution in [-0.4, -0.2) is 17.6 Å². The molecular weight excluding hydrogens is 216 g/mol. The lowest BCUT2D eigenvalue weighted by Gasteiger charge is -2.30. The average Bonchev–Trinajstić information content (AvgIpc) is 2.68. The van der Waals surface area contributed by atoms with Crippen molar-refractivity contribution < 1.29 is 0 Å². The number of aromatic nitrogens is 1. The van der Waals surface area contributed by atoms with Crippen molar-refractivity contribution in [2.45, 2.75) is 53.0 Å². The number of nitrogens with one attached hydrogen (secondary N) is 1. The number of hydrogen-bond donors (Lipinski definition) is 1. The minimum atomic E-state index is 0.367. The van der Waals surface area contributed by atoms with Gasteiger partial charge in [-0.25, -0.2) is 0 Å². The molecule has 0 fully saturated rings. The van der Waals surface area contributed by atoms with Gasteiger partial charge in [0.15, 0.2) is 0 Å². The van der Waals surface area contributed by atoms with E-state index in [4.69, 9.17) is 0 Å². The van der Waals surface area contributed by atoms with E-state index in [1.807, 2.05) is 11.7 Å². The Morgan fingerprint density at radius 3 is 2.75 bits per heavy atom. The SMILES string of the molecule is CCCC(C)(CNC(C)C)Cc1cncs1. The van der Waals surface area contributed by atoms with Gasteiger partial charge in [-0.2, -0.15) is 0 Å². The van der Waals surface area contributed by atoms with Gasteiger partial charge in [-0.3, -0.25) is 4.98 Å². The third kappa shape index (κ3) is 4.62. The highest BCUT2D eigenvalue weighted by molar-refractivity contribution is 7.09. The maximum Gasteiger partial charge on any atom is 0.0794 e. The molecular formula is C13H24N2S. The summed E-state index contributed by atoms with van der Waals surface area (Å²) >= 11 is 1.77. The highest BCUT2D eigenvalue weighted by Gasteiger charge is 2.24. The van der Waals surface area contributed by atoms with Crippen LogP contribution >= 0.6 is 11.3 Å². The van der Waals surface area contributed by atoms with E-state index >= 15 is 0 Å². The molecule has 0 bridgehead atoms. The van der Waals surface area contributed by atoms with Gasteiger partial charge in [0, 0.05) is 23.7 Å². The first-order valence-corrected chi connectivity index (χ1v) is 7.04. The van der Waals surface area contributed by atoms with Gasteiger partial charge in [0.05, 0.1) is 5.51 Å². The summed E-state index contributed by atoms with van der Waals surface area (Å²) in [5, 5.41) is 3.57. The molecule has 0 amide bonds. The van der Waals surface area contributed by atoms with Crippen molar-refractivity contribution in [3.63, 3.8) is 0 Å². The molecule has 0 saturated heterocycles. The van der Waals surface area contributed by atoms with Gasteiger partial charge in [-0.05, 0) is 18.3 Å². The van der Waals surface area contributed by atoms with Crippen molar-refractivity contribution in [3.05, 3.63) is 16.6 Å². The summed E-state index contributed by atoms with van der Waals surface area (Å²) < 4.78 is 0. The Kier molecular flexibility index (Phi) is 5.42. The van der Waals surface area contributed by atoms with E-state index in [0.29, 0.717) is 11.5 Å². The second-order valence-electron chi connectivity index (χ2n) is 5.24. The summed E-state index contributed by atoms with van der Waals surface area (Å²) in [4.78, 5) is 5.56. The number of hydrogen-bond acceptors (Lipinski definition) is 3. The lowest BCUT2D eigenvalue weighted by Crippen LogP contribution is -2.37. The Morgan fingerprint density at radius 2 is 2.25 bits per heavy atom. The van der Waals surface area contributed by atoms with Crippen LogP contribution in [0.5, 0.6) is 0 Å². The molecule has 1 N–H and O–H groups in total. The minimum absolute atomic E-state index is 0.367. The molecule has 1 atom stereocenters. The molecule has 0 aliphatic heterocycles. The van der Waals surface area contributed by atoms with Gasteiger partial charge >= 0.3 is 0 Å². The molecule has 1 aromatic rings. The average molecular weight is 240 g/mol. The quantitative estimate of drug-likeness (QED) is 0.789. The van der Waals surface area contributed by atoms with Gasteiger partial charge in [-0.1, -0.05) is 34.1 Å². The highest BCUT2D eigenvalue weighted by Crippen LogP contribution is 2.29. The topological polar surface area (TPSA) is 24.9 Å². The molecule has 0 spiro atoms. The molecule has 16 heavy (non-hydrogen) atoms. The standard InChI is InChI=1S/C13H24N2S/c1-5-6-13(4,9-15-11(2)3)7-12-8-14-10-16-12/h8,10-11,15H,5-7,9H2,1-4H3. The van der Waals surface area contributed by atoms with Gasteiger partial charge in [0.2, 0.25) is 0 Å². The zero-order chi connectivity index (χ0) is 12.0. The molecule has 1 heterocycles. The number of nitrogens with zero attached hydrogens (tertiary/aromatic N) is 1. The third-order valence-electron chi connectivity index (χ3n) is 2.88. The van der Waals surface area contributed by atoms with Crippen LogP contribution in [0.1, 0.15) is 45.4 Å². The van der Waals surface area contributed by atoms with Crippen LogP contribution in [0.2, 0.25) is 0 Å². The fourth-order valence-electron chi connectivity index (χ4n) is 2.04. The summed E-state index contributed by atoms with van der Waals surface area (Å²) in [6.45, 7) is 10.2. The Morgan fingerprint density at radius 1 is 1.50 bits per heavy atom. The molecule has 0 aliphatic rings. The molecule has 1 unspecified atom stereocenters. The Hall–Kier alpha value is -0.410. The predicted octanol–water partition coefficient (Wildman–Crippen LogP) is 3.49. The molecule has 2 nitrogen and oxygen atoms in total. The molecule has 0 aliphatic carbocycles. The third-order valence-corrected chi connectivity index (χ3v) is 3.65. The van der Waals surface area contributed by atoms with E-state index in [1.165, 1.54) is 17.7 Å². The van der Waals surface area contributed by atoms with Crippen molar-refractivity contribution in [3.8, 4) is 0 Å². The smallest absolute Gasteiger partial charge is 0.0794 e. The summed E-state index contributed by atoms with van der Waals surface area (Å²) in [5.41, 5.74) is 2.29. The first-order chi connectivity index (χ1) is 7.56. The summed E-state index contributed by atoms with van der Waals surface area (Å²) in [5.74, 6) is 0. The Bertz CT molecular complexity index is 282. The molecule has 92 valence electrons. The van der Waals surface area contributed by atoms with Crippen LogP contribution in [0.4, 0.5) is 0 Å². The van der Waals surface area contributed by atoms with Crippen LogP contribution in [0, 0.1) is 5.41 Å². The lowest BCUT2D eigenvalue weighted by atomic mass is 9.81. The van der Waals surface area contributed by atoms with Crippen LogP contribution in [0.3, 0.4) is 0 Å². The van der Waals surface area contributed by atoms with E-state index in [1.54, 1.807) is 11.3 Å². The summed E-state index contributed by atoms with van der Waals surface area (Å²) in [7, 11) is 0. The van der Waals surface area contributed by atoms with Crippen LogP contribution in [0.15, 0.2) is 11.7 Å². The number of thiazole rings is 1. The monoisotopic (exact) mass is 240 g/mol. The van der Waals surface area contributed by atoms with Crippen LogP contribution in [-0.2, 0) is 6.42 Å². The predicted molar refractivity (Wildman–Crippen MR) is 72.0 cm³/mol. The van der Waals surface area contributed by atoms with E-state index in [9.17, 15) is 0 Å². The molecule has 0 radical (unpaired) electrons. The molecule has 0 saturated carbocycles. The second kappa shape index (κ2) is 6.36.